The van der Waals surface area contributed by atoms with Crippen LogP contribution in [-0.4, -0.2) is 14.5 Å². The second-order valence-electron chi connectivity index (χ2n) is 13.0. The molecule has 0 N–H and O–H groups in total. The summed E-state index contributed by atoms with van der Waals surface area (Å²) in [5, 5.41) is 5.15. The summed E-state index contributed by atoms with van der Waals surface area (Å²) in [6, 6.07) is 50.2. The summed E-state index contributed by atoms with van der Waals surface area (Å²) in [5.74, 6) is 0.758. The maximum Gasteiger partial charge on any atom is 0.160 e. The summed E-state index contributed by atoms with van der Waals surface area (Å²) < 4.78 is 5.08. The minimum Gasteiger partial charge on any atom is -0.309 e. The summed E-state index contributed by atoms with van der Waals surface area (Å²) in [4.78, 5) is 10.6. The van der Waals surface area contributed by atoms with E-state index in [2.05, 4.69) is 152 Å². The van der Waals surface area contributed by atoms with Gasteiger partial charge in [-0.25, -0.2) is 9.97 Å². The van der Waals surface area contributed by atoms with Gasteiger partial charge in [0.2, 0.25) is 0 Å². The Balaban J connectivity index is 1.29. The standard InChI is InChI=1S/C43H29N3S/c1-43(2)33-20-9-6-18-31(33)38-39(44-42(45-41(38)43)26-13-4-3-5-14-26)27-15-12-16-28(25-27)46-34-21-10-7-17-29(34)30-23-24-36-37(40(30)46)32-19-8-11-22-35(32)47-36/h3-25H,1-2H3. The van der Waals surface area contributed by atoms with E-state index in [0.717, 1.165) is 39.6 Å². The van der Waals surface area contributed by atoms with E-state index in [0.29, 0.717) is 0 Å². The number of benzene rings is 6. The van der Waals surface area contributed by atoms with Gasteiger partial charge in [-0.3, -0.25) is 0 Å². The molecule has 0 aliphatic heterocycles. The Kier molecular flexibility index (Phi) is 5.50. The van der Waals surface area contributed by atoms with Gasteiger partial charge in [-0.15, -0.1) is 11.3 Å². The quantitative estimate of drug-likeness (QED) is 0.197. The molecule has 3 aromatic heterocycles. The Morgan fingerprint density at radius 2 is 1.34 bits per heavy atom. The van der Waals surface area contributed by atoms with Crippen molar-refractivity contribution in [3.8, 4) is 39.5 Å². The zero-order chi connectivity index (χ0) is 31.3. The molecule has 47 heavy (non-hydrogen) atoms. The van der Waals surface area contributed by atoms with Crippen LogP contribution in [0.25, 0.3) is 81.4 Å². The van der Waals surface area contributed by atoms with Crippen molar-refractivity contribution in [3.63, 3.8) is 0 Å². The van der Waals surface area contributed by atoms with Crippen LogP contribution < -0.4 is 0 Å². The van der Waals surface area contributed by atoms with E-state index in [9.17, 15) is 0 Å². The number of rotatable bonds is 3. The predicted octanol–water partition coefficient (Wildman–Crippen LogP) is 11.6. The van der Waals surface area contributed by atoms with Gasteiger partial charge in [-0.1, -0.05) is 123 Å². The summed E-state index contributed by atoms with van der Waals surface area (Å²) in [7, 11) is 0. The highest BCUT2D eigenvalue weighted by atomic mass is 32.1. The topological polar surface area (TPSA) is 30.7 Å². The van der Waals surface area contributed by atoms with Crippen molar-refractivity contribution in [2.24, 2.45) is 0 Å². The van der Waals surface area contributed by atoms with Gasteiger partial charge in [-0.05, 0) is 41.5 Å². The molecule has 0 unspecified atom stereocenters. The van der Waals surface area contributed by atoms with Gasteiger partial charge in [0.05, 0.1) is 22.4 Å². The molecule has 0 radical (unpaired) electrons. The zero-order valence-electron chi connectivity index (χ0n) is 26.0. The smallest absolute Gasteiger partial charge is 0.160 e. The molecule has 1 aliphatic carbocycles. The van der Waals surface area contributed by atoms with E-state index in [1.54, 1.807) is 0 Å². The Bertz CT molecular complexity index is 2710. The number of fused-ring (bicyclic) bond motifs is 10. The van der Waals surface area contributed by atoms with Gasteiger partial charge >= 0.3 is 0 Å². The molecule has 6 aromatic carbocycles. The molecule has 3 nitrogen and oxygen atoms in total. The summed E-state index contributed by atoms with van der Waals surface area (Å²) in [5.41, 5.74) is 11.1. The third-order valence-corrected chi connectivity index (χ3v) is 11.1. The minimum absolute atomic E-state index is 0.247. The molecule has 4 heteroatoms. The minimum atomic E-state index is -0.247. The third-order valence-electron chi connectivity index (χ3n) is 9.96. The molecule has 0 spiro atoms. The molecular formula is C43H29N3S. The van der Waals surface area contributed by atoms with Crippen LogP contribution in [0.15, 0.2) is 140 Å². The van der Waals surface area contributed by atoms with E-state index >= 15 is 0 Å². The molecule has 222 valence electrons. The lowest BCUT2D eigenvalue weighted by molar-refractivity contribution is 0.636. The van der Waals surface area contributed by atoms with Gasteiger partial charge < -0.3 is 4.57 Å². The number of hydrogen-bond acceptors (Lipinski definition) is 3. The molecule has 1 aliphatic rings. The number of para-hydroxylation sites is 1. The monoisotopic (exact) mass is 619 g/mol. The highest BCUT2D eigenvalue weighted by molar-refractivity contribution is 7.26. The molecule has 0 fully saturated rings. The fourth-order valence-electron chi connectivity index (χ4n) is 7.79. The molecule has 0 atom stereocenters. The van der Waals surface area contributed by atoms with Gasteiger partial charge in [0, 0.05) is 58.7 Å². The predicted molar refractivity (Wildman–Crippen MR) is 198 cm³/mol. The average Bonchev–Trinajstić information content (AvgIpc) is 3.74. The van der Waals surface area contributed by atoms with Crippen LogP contribution in [0.4, 0.5) is 0 Å². The molecule has 0 bridgehead atoms. The number of thiophene rings is 1. The van der Waals surface area contributed by atoms with Crippen LogP contribution in [0.5, 0.6) is 0 Å². The van der Waals surface area contributed by atoms with Crippen LogP contribution >= 0.6 is 11.3 Å². The van der Waals surface area contributed by atoms with Gasteiger partial charge in [0.1, 0.15) is 0 Å². The highest BCUT2D eigenvalue weighted by Crippen LogP contribution is 2.51. The molecule has 0 saturated heterocycles. The molecule has 9 aromatic rings. The number of aromatic nitrogens is 3. The number of hydrogen-bond donors (Lipinski definition) is 0. The largest absolute Gasteiger partial charge is 0.309 e. The van der Waals surface area contributed by atoms with Gasteiger partial charge in [0.25, 0.3) is 0 Å². The number of nitrogens with zero attached hydrogens (tertiary/aromatic N) is 3. The lowest BCUT2D eigenvalue weighted by Crippen LogP contribution is -2.17. The fraction of sp³-hybridized carbons (Fsp3) is 0.0698. The van der Waals surface area contributed by atoms with Crippen molar-refractivity contribution < 1.29 is 0 Å². The van der Waals surface area contributed by atoms with Crippen molar-refractivity contribution in [1.29, 1.82) is 0 Å². The second-order valence-corrected chi connectivity index (χ2v) is 14.1. The maximum absolute atomic E-state index is 5.36. The fourth-order valence-corrected chi connectivity index (χ4v) is 8.90. The van der Waals surface area contributed by atoms with Crippen LogP contribution in [0, 0.1) is 0 Å². The highest BCUT2D eigenvalue weighted by Gasteiger charge is 2.39. The SMILES string of the molecule is CC1(C)c2ccccc2-c2c(-c3cccc(-n4c5ccccc5c5ccc6sc7ccccc7c6c54)c3)nc(-c3ccccc3)nc21. The zero-order valence-corrected chi connectivity index (χ0v) is 26.8. The van der Waals surface area contributed by atoms with Crippen molar-refractivity contribution >= 4 is 53.3 Å². The Morgan fingerprint density at radius 1 is 0.596 bits per heavy atom. The average molecular weight is 620 g/mol. The van der Waals surface area contributed by atoms with E-state index in [1.807, 2.05) is 17.4 Å². The molecular weight excluding hydrogens is 591 g/mol. The lowest BCUT2D eigenvalue weighted by atomic mass is 9.85. The van der Waals surface area contributed by atoms with Gasteiger partial charge in [-0.2, -0.15) is 0 Å². The van der Waals surface area contributed by atoms with Crippen LogP contribution in [0.2, 0.25) is 0 Å². The van der Waals surface area contributed by atoms with E-state index in [4.69, 9.17) is 9.97 Å². The maximum atomic E-state index is 5.36. The van der Waals surface area contributed by atoms with Crippen molar-refractivity contribution in [2.45, 2.75) is 19.3 Å². The third kappa shape index (κ3) is 3.73. The van der Waals surface area contributed by atoms with Crippen LogP contribution in [0.3, 0.4) is 0 Å². The van der Waals surface area contributed by atoms with Crippen molar-refractivity contribution in [1.82, 2.24) is 14.5 Å². The summed E-state index contributed by atoms with van der Waals surface area (Å²) >= 11 is 1.87. The molecule has 0 amide bonds. The second kappa shape index (κ2) is 9.71. The van der Waals surface area contributed by atoms with Crippen molar-refractivity contribution in [3.05, 3.63) is 151 Å². The first-order valence-corrected chi connectivity index (χ1v) is 16.9. The van der Waals surface area contributed by atoms with Crippen LogP contribution in [0.1, 0.15) is 25.1 Å². The molecule has 3 heterocycles. The molecule has 10 rings (SSSR count). The normalized spacial score (nSPS) is 13.5. The first-order chi connectivity index (χ1) is 23.1. The Hall–Kier alpha value is -5.58. The summed E-state index contributed by atoms with van der Waals surface area (Å²) in [6.07, 6.45) is 0. The van der Waals surface area contributed by atoms with E-state index in [-0.39, 0.29) is 5.41 Å². The first kappa shape index (κ1) is 26.6. The van der Waals surface area contributed by atoms with E-state index in [1.165, 1.54) is 53.1 Å². The molecule has 0 saturated carbocycles. The Morgan fingerprint density at radius 3 is 2.23 bits per heavy atom. The lowest BCUT2D eigenvalue weighted by Gasteiger charge is -2.21. The summed E-state index contributed by atoms with van der Waals surface area (Å²) in [6.45, 7) is 4.57. The van der Waals surface area contributed by atoms with Crippen LogP contribution in [-0.2, 0) is 5.41 Å². The van der Waals surface area contributed by atoms with Gasteiger partial charge in [0.15, 0.2) is 5.82 Å². The van der Waals surface area contributed by atoms with E-state index < -0.39 is 0 Å². The first-order valence-electron chi connectivity index (χ1n) is 16.1. The van der Waals surface area contributed by atoms with Crippen molar-refractivity contribution in [2.75, 3.05) is 0 Å². The Labute approximate surface area is 276 Å².